The number of nitrogens with zero attached hydrogens (tertiary/aromatic N) is 4. The summed E-state index contributed by atoms with van der Waals surface area (Å²) < 4.78 is 15.3. The van der Waals surface area contributed by atoms with Gasteiger partial charge in [-0.15, -0.1) is 34.2 Å². The maximum atomic E-state index is 13.4. The van der Waals surface area contributed by atoms with E-state index >= 15 is 0 Å². The zero-order valence-electron chi connectivity index (χ0n) is 14.6. The Bertz CT molecular complexity index is 691. The van der Waals surface area contributed by atoms with E-state index in [0.29, 0.717) is 19.0 Å². The lowest BCUT2D eigenvalue weighted by Crippen LogP contribution is -2.37. The minimum atomic E-state index is -0.209. The summed E-state index contributed by atoms with van der Waals surface area (Å²) in [6.07, 6.45) is 3.67. The molecule has 0 bridgehead atoms. The van der Waals surface area contributed by atoms with Gasteiger partial charge in [-0.2, -0.15) is 11.8 Å². The molecule has 138 valence electrons. The van der Waals surface area contributed by atoms with Crippen LogP contribution in [0.15, 0.2) is 29.5 Å². The zero-order valence-corrected chi connectivity index (χ0v) is 17.8. The van der Waals surface area contributed by atoms with Gasteiger partial charge < -0.3 is 15.2 Å². The Hall–Kier alpha value is -1.36. The van der Waals surface area contributed by atoms with Gasteiger partial charge >= 0.3 is 0 Å². The molecule has 0 aliphatic heterocycles. The van der Waals surface area contributed by atoms with Crippen LogP contribution in [-0.2, 0) is 25.9 Å². The van der Waals surface area contributed by atoms with Crippen LogP contribution in [0.5, 0.6) is 0 Å². The van der Waals surface area contributed by atoms with Crippen LogP contribution in [0.4, 0.5) is 4.39 Å². The van der Waals surface area contributed by atoms with Crippen molar-refractivity contribution in [3.63, 3.8) is 0 Å². The van der Waals surface area contributed by atoms with Gasteiger partial charge in [0.2, 0.25) is 0 Å². The predicted molar refractivity (Wildman–Crippen MR) is 112 cm³/mol. The highest BCUT2D eigenvalue weighted by Crippen LogP contribution is 2.17. The van der Waals surface area contributed by atoms with Crippen LogP contribution in [0.25, 0.3) is 0 Å². The number of benzene rings is 1. The van der Waals surface area contributed by atoms with Crippen molar-refractivity contribution in [2.75, 3.05) is 12.8 Å². The van der Waals surface area contributed by atoms with Gasteiger partial charge in [-0.1, -0.05) is 6.07 Å². The lowest BCUT2D eigenvalue weighted by Gasteiger charge is -2.12. The van der Waals surface area contributed by atoms with E-state index in [-0.39, 0.29) is 29.8 Å². The lowest BCUT2D eigenvalue weighted by atomic mass is 10.1. The van der Waals surface area contributed by atoms with Crippen molar-refractivity contribution >= 4 is 41.7 Å². The molecule has 2 aromatic rings. The second-order valence-corrected chi connectivity index (χ2v) is 6.12. The van der Waals surface area contributed by atoms with Gasteiger partial charge in [0, 0.05) is 19.3 Å². The summed E-state index contributed by atoms with van der Waals surface area (Å²) in [6.45, 7) is 3.79. The van der Waals surface area contributed by atoms with E-state index < -0.39 is 0 Å². The van der Waals surface area contributed by atoms with E-state index in [1.165, 1.54) is 6.07 Å². The van der Waals surface area contributed by atoms with E-state index in [1.807, 2.05) is 24.8 Å². The summed E-state index contributed by atoms with van der Waals surface area (Å²) in [5, 5.41) is 14.3. The van der Waals surface area contributed by atoms with Gasteiger partial charge in [0.25, 0.3) is 0 Å². The fraction of sp³-hybridized carbons (Fsp3) is 0.438. The molecule has 2 N–H and O–H groups in total. The van der Waals surface area contributed by atoms with Crippen LogP contribution < -0.4 is 10.6 Å². The Morgan fingerprint density at radius 3 is 2.76 bits per heavy atom. The minimum Gasteiger partial charge on any atom is -0.357 e. The third-order valence-corrected chi connectivity index (χ3v) is 4.04. The number of aliphatic imine (C=N–C) groups is 1. The third-order valence-electron chi connectivity index (χ3n) is 3.44. The molecule has 1 aromatic heterocycles. The Morgan fingerprint density at radius 1 is 1.32 bits per heavy atom. The van der Waals surface area contributed by atoms with Crippen LogP contribution in [0.3, 0.4) is 0 Å². The standard InChI is InChI=1S/C16H23FN6S.HI/c1-4-18-16(20-9-15-22-21-11-23(15)2)19-8-12-5-6-14(17)7-13(12)10-24-3;/h5-7,11H,4,8-10H2,1-3H3,(H2,18,19,20);1H. The number of aromatic nitrogens is 3. The summed E-state index contributed by atoms with van der Waals surface area (Å²) in [7, 11) is 1.90. The quantitative estimate of drug-likeness (QED) is 0.364. The number of nitrogens with one attached hydrogen (secondary N) is 2. The van der Waals surface area contributed by atoms with Crippen molar-refractivity contribution in [3.8, 4) is 0 Å². The highest BCUT2D eigenvalue weighted by Gasteiger charge is 2.06. The molecule has 9 heteroatoms. The van der Waals surface area contributed by atoms with Crippen molar-refractivity contribution in [1.29, 1.82) is 0 Å². The number of hydrogen-bond acceptors (Lipinski definition) is 4. The molecule has 1 aromatic carbocycles. The molecule has 0 spiro atoms. The Morgan fingerprint density at radius 2 is 2.12 bits per heavy atom. The molecule has 0 aliphatic rings. The molecule has 0 atom stereocenters. The van der Waals surface area contributed by atoms with Crippen molar-refractivity contribution in [3.05, 3.63) is 47.3 Å². The van der Waals surface area contributed by atoms with E-state index in [9.17, 15) is 4.39 Å². The summed E-state index contributed by atoms with van der Waals surface area (Å²) in [5.74, 6) is 2.08. The average molecular weight is 478 g/mol. The van der Waals surface area contributed by atoms with Gasteiger partial charge in [-0.25, -0.2) is 9.38 Å². The van der Waals surface area contributed by atoms with Gasteiger partial charge in [0.05, 0.1) is 13.1 Å². The van der Waals surface area contributed by atoms with Gasteiger partial charge in [-0.3, -0.25) is 0 Å². The summed E-state index contributed by atoms with van der Waals surface area (Å²) in [4.78, 5) is 4.59. The summed E-state index contributed by atoms with van der Waals surface area (Å²) in [5.41, 5.74) is 2.01. The molecule has 0 radical (unpaired) electrons. The first-order chi connectivity index (χ1) is 11.6. The Balaban J connectivity index is 0.00000312. The van der Waals surface area contributed by atoms with E-state index in [2.05, 4.69) is 25.8 Å². The van der Waals surface area contributed by atoms with Crippen LogP contribution in [0, 0.1) is 5.82 Å². The summed E-state index contributed by atoms with van der Waals surface area (Å²) in [6, 6.07) is 4.87. The topological polar surface area (TPSA) is 67.1 Å². The fourth-order valence-corrected chi connectivity index (χ4v) is 2.75. The number of halogens is 2. The highest BCUT2D eigenvalue weighted by molar-refractivity contribution is 14.0. The first-order valence-corrected chi connectivity index (χ1v) is 9.14. The molecule has 0 saturated heterocycles. The molecule has 6 nitrogen and oxygen atoms in total. The third kappa shape index (κ3) is 6.81. The monoisotopic (exact) mass is 478 g/mol. The van der Waals surface area contributed by atoms with Crippen LogP contribution in [0.1, 0.15) is 23.9 Å². The Kier molecular flexibility index (Phi) is 9.79. The smallest absolute Gasteiger partial charge is 0.191 e. The average Bonchev–Trinajstić information content (AvgIpc) is 2.97. The maximum absolute atomic E-state index is 13.4. The molecule has 1 heterocycles. The van der Waals surface area contributed by atoms with Crippen molar-refractivity contribution in [2.24, 2.45) is 12.0 Å². The van der Waals surface area contributed by atoms with Crippen LogP contribution in [0.2, 0.25) is 0 Å². The van der Waals surface area contributed by atoms with Crippen LogP contribution >= 0.6 is 35.7 Å². The SMILES string of the molecule is CCNC(=NCc1ccc(F)cc1CSC)NCc1nncn1C.I. The number of rotatable bonds is 7. The van der Waals surface area contributed by atoms with E-state index in [1.54, 1.807) is 30.2 Å². The first-order valence-electron chi connectivity index (χ1n) is 7.75. The molecular formula is C16H24FIN6S. The van der Waals surface area contributed by atoms with Crippen molar-refractivity contribution in [1.82, 2.24) is 25.4 Å². The van der Waals surface area contributed by atoms with Crippen LogP contribution in [-0.4, -0.2) is 33.5 Å². The molecule has 0 unspecified atom stereocenters. The summed E-state index contributed by atoms with van der Waals surface area (Å²) >= 11 is 1.67. The van der Waals surface area contributed by atoms with Gasteiger partial charge in [0.15, 0.2) is 11.8 Å². The molecule has 0 amide bonds. The molecule has 0 fully saturated rings. The number of aryl methyl sites for hydroxylation is 1. The Labute approximate surface area is 169 Å². The first kappa shape index (κ1) is 21.7. The van der Waals surface area contributed by atoms with Crippen molar-refractivity contribution < 1.29 is 4.39 Å². The number of guanidine groups is 1. The van der Waals surface area contributed by atoms with Gasteiger partial charge in [0.1, 0.15) is 12.1 Å². The molecule has 0 saturated carbocycles. The maximum Gasteiger partial charge on any atom is 0.191 e. The van der Waals surface area contributed by atoms with E-state index in [0.717, 1.165) is 29.2 Å². The number of thioether (sulfide) groups is 1. The van der Waals surface area contributed by atoms with Gasteiger partial charge in [-0.05, 0) is 36.4 Å². The second-order valence-electron chi connectivity index (χ2n) is 5.25. The highest BCUT2D eigenvalue weighted by atomic mass is 127. The lowest BCUT2D eigenvalue weighted by molar-refractivity contribution is 0.625. The minimum absolute atomic E-state index is 0. The predicted octanol–water partition coefficient (Wildman–Crippen LogP) is 2.69. The number of hydrogen-bond donors (Lipinski definition) is 2. The molecular weight excluding hydrogens is 454 g/mol. The molecule has 25 heavy (non-hydrogen) atoms. The largest absolute Gasteiger partial charge is 0.357 e. The molecule has 2 rings (SSSR count). The normalized spacial score (nSPS) is 11.1. The zero-order chi connectivity index (χ0) is 17.4. The van der Waals surface area contributed by atoms with Crippen molar-refractivity contribution in [2.45, 2.75) is 25.8 Å². The van der Waals surface area contributed by atoms with E-state index in [4.69, 9.17) is 0 Å². The fourth-order valence-electron chi connectivity index (χ4n) is 2.17. The molecule has 0 aliphatic carbocycles. The second kappa shape index (κ2) is 11.3.